The largest absolute Gasteiger partial charge is 0.493 e. The zero-order valence-electron chi connectivity index (χ0n) is 12.7. The zero-order valence-corrected chi connectivity index (χ0v) is 12.7. The summed E-state index contributed by atoms with van der Waals surface area (Å²) in [5.41, 5.74) is 0. The van der Waals surface area contributed by atoms with Crippen molar-refractivity contribution in [2.45, 2.75) is 52.9 Å². The summed E-state index contributed by atoms with van der Waals surface area (Å²) in [7, 11) is 0. The topological polar surface area (TPSA) is 18.5 Å². The summed E-state index contributed by atoms with van der Waals surface area (Å²) in [5.74, 6) is 2.50. The van der Waals surface area contributed by atoms with Gasteiger partial charge in [0.1, 0.15) is 11.5 Å². The summed E-state index contributed by atoms with van der Waals surface area (Å²) in [5, 5.41) is 0. The molecule has 0 unspecified atom stereocenters. The highest BCUT2D eigenvalue weighted by atomic mass is 16.5. The van der Waals surface area contributed by atoms with Crippen molar-refractivity contribution in [3.8, 4) is 11.5 Å². The summed E-state index contributed by atoms with van der Waals surface area (Å²) < 4.78 is 11.5. The molecule has 0 fully saturated rings. The van der Waals surface area contributed by atoms with Gasteiger partial charge in [-0.25, -0.2) is 0 Å². The van der Waals surface area contributed by atoms with Crippen molar-refractivity contribution >= 4 is 0 Å². The fourth-order valence-corrected chi connectivity index (χ4v) is 2.22. The lowest BCUT2D eigenvalue weighted by molar-refractivity contribution is 0.228. The van der Waals surface area contributed by atoms with Crippen LogP contribution >= 0.6 is 0 Å². The average molecular weight is 264 g/mol. The fraction of sp³-hybridized carbons (Fsp3) is 0.647. The van der Waals surface area contributed by atoms with E-state index in [1.54, 1.807) is 0 Å². The predicted molar refractivity (Wildman–Crippen MR) is 81.0 cm³/mol. The van der Waals surface area contributed by atoms with E-state index in [2.05, 4.69) is 20.8 Å². The molecule has 19 heavy (non-hydrogen) atoms. The third-order valence-corrected chi connectivity index (χ3v) is 3.16. The van der Waals surface area contributed by atoms with E-state index in [0.29, 0.717) is 5.92 Å². The Bertz CT molecular complexity index is 330. The molecule has 0 saturated carbocycles. The Morgan fingerprint density at radius 3 is 2.11 bits per heavy atom. The molecule has 2 nitrogen and oxygen atoms in total. The molecule has 0 atom stereocenters. The first-order valence-electron chi connectivity index (χ1n) is 7.65. The van der Waals surface area contributed by atoms with Crippen LogP contribution in [-0.2, 0) is 0 Å². The minimum atomic E-state index is 0.676. The number of hydrogen-bond donors (Lipinski definition) is 0. The van der Waals surface area contributed by atoms with Crippen LogP contribution in [0.25, 0.3) is 0 Å². The molecule has 1 rings (SSSR count). The Hall–Kier alpha value is -1.18. The lowest BCUT2D eigenvalue weighted by Gasteiger charge is -2.16. The van der Waals surface area contributed by atoms with Gasteiger partial charge < -0.3 is 9.47 Å². The molecule has 1 aromatic rings. The van der Waals surface area contributed by atoms with Crippen LogP contribution < -0.4 is 9.47 Å². The molecule has 0 bridgehead atoms. The smallest absolute Gasteiger partial charge is 0.122 e. The van der Waals surface area contributed by atoms with Crippen LogP contribution in [0, 0.1) is 5.92 Å². The Morgan fingerprint density at radius 2 is 1.53 bits per heavy atom. The van der Waals surface area contributed by atoms with E-state index < -0.39 is 0 Å². The van der Waals surface area contributed by atoms with E-state index >= 15 is 0 Å². The van der Waals surface area contributed by atoms with Crippen LogP contribution in [0.2, 0.25) is 0 Å². The first-order valence-corrected chi connectivity index (χ1v) is 7.65. The maximum Gasteiger partial charge on any atom is 0.122 e. The molecule has 0 aliphatic heterocycles. The molecule has 108 valence electrons. The van der Waals surface area contributed by atoms with Gasteiger partial charge in [-0.15, -0.1) is 0 Å². The molecule has 0 heterocycles. The molecule has 0 aliphatic carbocycles. The molecule has 2 heteroatoms. The van der Waals surface area contributed by atoms with Crippen LogP contribution in [0.3, 0.4) is 0 Å². The van der Waals surface area contributed by atoms with Crippen molar-refractivity contribution in [3.63, 3.8) is 0 Å². The van der Waals surface area contributed by atoms with E-state index in [1.807, 2.05) is 24.3 Å². The van der Waals surface area contributed by atoms with Gasteiger partial charge in [-0.2, -0.15) is 0 Å². The number of hydrogen-bond acceptors (Lipinski definition) is 2. The highest BCUT2D eigenvalue weighted by Crippen LogP contribution is 2.21. The van der Waals surface area contributed by atoms with Crippen LogP contribution in [0.4, 0.5) is 0 Å². The third kappa shape index (κ3) is 6.51. The van der Waals surface area contributed by atoms with E-state index in [9.17, 15) is 0 Å². The van der Waals surface area contributed by atoms with Crippen molar-refractivity contribution in [1.82, 2.24) is 0 Å². The van der Waals surface area contributed by atoms with Gasteiger partial charge in [0.25, 0.3) is 0 Å². The van der Waals surface area contributed by atoms with Crippen molar-refractivity contribution < 1.29 is 9.47 Å². The summed E-state index contributed by atoms with van der Waals surface area (Å²) in [6.45, 7) is 8.17. The molecule has 0 saturated heterocycles. The number of rotatable bonds is 10. The van der Waals surface area contributed by atoms with Gasteiger partial charge in [-0.05, 0) is 37.3 Å². The van der Waals surface area contributed by atoms with Gasteiger partial charge in [0.2, 0.25) is 0 Å². The van der Waals surface area contributed by atoms with E-state index in [-0.39, 0.29) is 0 Å². The van der Waals surface area contributed by atoms with Crippen molar-refractivity contribution in [2.75, 3.05) is 13.2 Å². The van der Waals surface area contributed by atoms with Crippen LogP contribution in [0.15, 0.2) is 24.3 Å². The summed E-state index contributed by atoms with van der Waals surface area (Å²) in [6, 6.07) is 7.98. The van der Waals surface area contributed by atoms with Crippen LogP contribution in [0.5, 0.6) is 11.5 Å². The van der Waals surface area contributed by atoms with E-state index in [0.717, 1.165) is 31.1 Å². The van der Waals surface area contributed by atoms with Crippen LogP contribution in [0.1, 0.15) is 52.9 Å². The number of benzene rings is 1. The van der Waals surface area contributed by atoms with Gasteiger partial charge in [-0.1, -0.05) is 39.7 Å². The second-order valence-corrected chi connectivity index (χ2v) is 5.08. The third-order valence-electron chi connectivity index (χ3n) is 3.16. The second-order valence-electron chi connectivity index (χ2n) is 5.08. The highest BCUT2D eigenvalue weighted by molar-refractivity contribution is 5.32. The summed E-state index contributed by atoms with van der Waals surface area (Å²) in [4.78, 5) is 0. The second kappa shape index (κ2) is 9.71. The standard InChI is InChI=1S/C17H28O2/c1-4-8-15(9-5-2)14-19-17-11-7-10-16(13-17)18-12-6-3/h7,10-11,13,15H,4-6,8-9,12,14H2,1-3H3. The first-order chi connectivity index (χ1) is 9.30. The normalized spacial score (nSPS) is 10.7. The molecule has 0 amide bonds. The Balaban J connectivity index is 2.46. The first kappa shape index (κ1) is 15.9. The molecule has 0 aromatic heterocycles. The minimum Gasteiger partial charge on any atom is -0.493 e. The summed E-state index contributed by atoms with van der Waals surface area (Å²) >= 11 is 0. The van der Waals surface area contributed by atoms with Gasteiger partial charge >= 0.3 is 0 Å². The maximum atomic E-state index is 5.91. The molecular formula is C17H28O2. The van der Waals surface area contributed by atoms with Gasteiger partial charge in [0.05, 0.1) is 13.2 Å². The lowest BCUT2D eigenvalue weighted by atomic mass is 9.99. The van der Waals surface area contributed by atoms with E-state index in [1.165, 1.54) is 25.7 Å². The predicted octanol–water partition coefficient (Wildman–Crippen LogP) is 5.07. The SMILES string of the molecule is CCCOc1cccc(OCC(CCC)CCC)c1. The van der Waals surface area contributed by atoms with Crippen molar-refractivity contribution in [3.05, 3.63) is 24.3 Å². The average Bonchev–Trinajstić information content (AvgIpc) is 2.43. The lowest BCUT2D eigenvalue weighted by Crippen LogP contribution is -2.11. The monoisotopic (exact) mass is 264 g/mol. The zero-order chi connectivity index (χ0) is 13.9. The highest BCUT2D eigenvalue weighted by Gasteiger charge is 2.08. The quantitative estimate of drug-likeness (QED) is 0.587. The molecule has 0 aliphatic rings. The molecular weight excluding hydrogens is 236 g/mol. The van der Waals surface area contributed by atoms with E-state index in [4.69, 9.17) is 9.47 Å². The van der Waals surface area contributed by atoms with Crippen molar-refractivity contribution in [1.29, 1.82) is 0 Å². The maximum absolute atomic E-state index is 5.91. The molecule has 0 radical (unpaired) electrons. The summed E-state index contributed by atoms with van der Waals surface area (Å²) in [6.07, 6.45) is 5.99. The minimum absolute atomic E-state index is 0.676. The van der Waals surface area contributed by atoms with Gasteiger partial charge in [0.15, 0.2) is 0 Å². The molecule has 1 aromatic carbocycles. The van der Waals surface area contributed by atoms with Crippen molar-refractivity contribution in [2.24, 2.45) is 5.92 Å². The Morgan fingerprint density at radius 1 is 0.895 bits per heavy atom. The molecule has 0 spiro atoms. The number of ether oxygens (including phenoxy) is 2. The Labute approximate surface area is 118 Å². The molecule has 0 N–H and O–H groups in total. The fourth-order valence-electron chi connectivity index (χ4n) is 2.22. The van der Waals surface area contributed by atoms with Crippen LogP contribution in [-0.4, -0.2) is 13.2 Å². The van der Waals surface area contributed by atoms with Gasteiger partial charge in [0, 0.05) is 6.07 Å². The Kier molecular flexibility index (Phi) is 8.11. The van der Waals surface area contributed by atoms with Gasteiger partial charge in [-0.3, -0.25) is 0 Å².